The summed E-state index contributed by atoms with van der Waals surface area (Å²) >= 11 is 0. The Morgan fingerprint density at radius 2 is 2.33 bits per heavy atom. The lowest BCUT2D eigenvalue weighted by molar-refractivity contribution is 0.397. The van der Waals surface area contributed by atoms with Gasteiger partial charge in [0.25, 0.3) is 0 Å². The molecule has 0 aromatic carbocycles. The number of likely N-dealkylation sites (tertiary alicyclic amines) is 1. The summed E-state index contributed by atoms with van der Waals surface area (Å²) in [6.45, 7) is 7.34. The molecule has 1 atom stereocenters. The average Bonchev–Trinajstić information content (AvgIpc) is 2.70. The summed E-state index contributed by atoms with van der Waals surface area (Å²) < 4.78 is 5.50. The minimum atomic E-state index is 0.643. The van der Waals surface area contributed by atoms with Crippen molar-refractivity contribution in [3.8, 4) is 0 Å². The molecule has 1 saturated heterocycles. The highest BCUT2D eigenvalue weighted by atomic mass is 16.3. The van der Waals surface area contributed by atoms with Gasteiger partial charge in [0.1, 0.15) is 11.5 Å². The molecule has 2 rings (SSSR count). The largest absolute Gasteiger partial charge is 0.466 e. The van der Waals surface area contributed by atoms with Gasteiger partial charge in [-0.2, -0.15) is 0 Å². The number of rotatable bonds is 3. The smallest absolute Gasteiger partial charge is 0.105 e. The molecule has 0 radical (unpaired) electrons. The molecule has 15 heavy (non-hydrogen) atoms. The summed E-state index contributed by atoms with van der Waals surface area (Å²) in [5.74, 6) is 2.05. The van der Waals surface area contributed by atoms with Crippen molar-refractivity contribution in [2.24, 2.45) is 0 Å². The van der Waals surface area contributed by atoms with Gasteiger partial charge in [-0.25, -0.2) is 0 Å². The van der Waals surface area contributed by atoms with Crippen LogP contribution in [0.5, 0.6) is 0 Å². The van der Waals surface area contributed by atoms with Crippen LogP contribution in [0.25, 0.3) is 0 Å². The Bertz CT molecular complexity index is 332. The second kappa shape index (κ2) is 4.37. The number of likely N-dealkylation sites (N-methyl/N-ethyl adjacent to an activating group) is 1. The molecule has 1 fully saturated rings. The second-order valence-corrected chi connectivity index (χ2v) is 4.57. The number of hydrogen-bond acceptors (Lipinski definition) is 3. The highest BCUT2D eigenvalue weighted by molar-refractivity contribution is 5.19. The van der Waals surface area contributed by atoms with E-state index in [1.807, 2.05) is 13.8 Å². The Hall–Kier alpha value is -0.800. The third-order valence-corrected chi connectivity index (χ3v) is 3.12. The molecule has 0 saturated carbocycles. The molecule has 1 aromatic heterocycles. The van der Waals surface area contributed by atoms with E-state index >= 15 is 0 Å². The number of nitrogens with one attached hydrogen (secondary N) is 1. The fraction of sp³-hybridized carbons (Fsp3) is 0.667. The lowest BCUT2D eigenvalue weighted by atomic mass is 10.2. The van der Waals surface area contributed by atoms with E-state index in [9.17, 15) is 0 Å². The molecule has 1 unspecified atom stereocenters. The normalized spacial score (nSPS) is 22.5. The van der Waals surface area contributed by atoms with Crippen LogP contribution in [0.15, 0.2) is 10.5 Å². The summed E-state index contributed by atoms with van der Waals surface area (Å²) in [6, 6.07) is 2.77. The van der Waals surface area contributed by atoms with E-state index in [1.165, 1.54) is 18.5 Å². The Morgan fingerprint density at radius 1 is 1.53 bits per heavy atom. The molecule has 3 nitrogen and oxygen atoms in total. The van der Waals surface area contributed by atoms with Gasteiger partial charge in [0.15, 0.2) is 0 Å². The molecular formula is C12H20N2O. The summed E-state index contributed by atoms with van der Waals surface area (Å²) in [6.07, 6.45) is 1.26. The number of aryl methyl sites for hydroxylation is 2. The quantitative estimate of drug-likeness (QED) is 0.819. The summed E-state index contributed by atoms with van der Waals surface area (Å²) in [5.41, 5.74) is 1.29. The first-order valence-electron chi connectivity index (χ1n) is 5.63. The molecule has 84 valence electrons. The fourth-order valence-electron chi connectivity index (χ4n) is 2.21. The van der Waals surface area contributed by atoms with Crippen LogP contribution in [0, 0.1) is 13.8 Å². The first kappa shape index (κ1) is 10.7. The zero-order valence-electron chi connectivity index (χ0n) is 9.84. The van der Waals surface area contributed by atoms with Gasteiger partial charge in [-0.1, -0.05) is 0 Å². The Labute approximate surface area is 91.4 Å². The maximum atomic E-state index is 5.50. The highest BCUT2D eigenvalue weighted by Crippen LogP contribution is 2.14. The first-order valence-corrected chi connectivity index (χ1v) is 5.63. The van der Waals surface area contributed by atoms with Crippen molar-refractivity contribution in [3.05, 3.63) is 23.2 Å². The second-order valence-electron chi connectivity index (χ2n) is 4.57. The molecule has 1 N–H and O–H groups in total. The molecule has 0 aliphatic carbocycles. The van der Waals surface area contributed by atoms with Crippen molar-refractivity contribution in [1.29, 1.82) is 0 Å². The maximum Gasteiger partial charge on any atom is 0.105 e. The predicted molar refractivity (Wildman–Crippen MR) is 60.9 cm³/mol. The summed E-state index contributed by atoms with van der Waals surface area (Å²) in [5, 5.41) is 3.58. The molecule has 0 bridgehead atoms. The van der Waals surface area contributed by atoms with Crippen LogP contribution < -0.4 is 5.32 Å². The number of hydrogen-bond donors (Lipinski definition) is 1. The Morgan fingerprint density at radius 3 is 2.87 bits per heavy atom. The third kappa shape index (κ3) is 2.61. The van der Waals surface area contributed by atoms with Gasteiger partial charge in [0, 0.05) is 24.7 Å². The standard InChI is InChI=1S/C12H20N2O/c1-9-6-11(10(2)15-9)7-13-12-4-5-14(3)8-12/h6,12-13H,4-5,7-8H2,1-3H3. The minimum absolute atomic E-state index is 0.643. The Kier molecular flexibility index (Phi) is 3.12. The van der Waals surface area contributed by atoms with Gasteiger partial charge in [-0.05, 0) is 39.9 Å². The molecule has 0 spiro atoms. The molecule has 3 heteroatoms. The Balaban J connectivity index is 1.85. The maximum absolute atomic E-state index is 5.50. The minimum Gasteiger partial charge on any atom is -0.466 e. The van der Waals surface area contributed by atoms with Gasteiger partial charge in [0.05, 0.1) is 0 Å². The lowest BCUT2D eigenvalue weighted by Gasteiger charge is -2.11. The number of nitrogens with zero attached hydrogens (tertiary/aromatic N) is 1. The zero-order chi connectivity index (χ0) is 10.8. The molecule has 1 aliphatic rings. The highest BCUT2D eigenvalue weighted by Gasteiger charge is 2.18. The van der Waals surface area contributed by atoms with E-state index < -0.39 is 0 Å². The van der Waals surface area contributed by atoms with E-state index in [1.54, 1.807) is 0 Å². The van der Waals surface area contributed by atoms with E-state index in [2.05, 4.69) is 23.3 Å². The van der Waals surface area contributed by atoms with Crippen LogP contribution in [-0.2, 0) is 6.54 Å². The van der Waals surface area contributed by atoms with Crippen LogP contribution in [-0.4, -0.2) is 31.1 Å². The fourth-order valence-corrected chi connectivity index (χ4v) is 2.21. The molecular weight excluding hydrogens is 188 g/mol. The van der Waals surface area contributed by atoms with Gasteiger partial charge in [-0.3, -0.25) is 0 Å². The van der Waals surface area contributed by atoms with E-state index in [4.69, 9.17) is 4.42 Å². The van der Waals surface area contributed by atoms with Crippen LogP contribution in [0.2, 0.25) is 0 Å². The van der Waals surface area contributed by atoms with E-state index in [0.29, 0.717) is 6.04 Å². The molecule has 1 aliphatic heterocycles. The third-order valence-electron chi connectivity index (χ3n) is 3.12. The summed E-state index contributed by atoms with van der Waals surface area (Å²) in [4.78, 5) is 2.37. The van der Waals surface area contributed by atoms with Crippen molar-refractivity contribution >= 4 is 0 Å². The van der Waals surface area contributed by atoms with Crippen molar-refractivity contribution in [3.63, 3.8) is 0 Å². The van der Waals surface area contributed by atoms with Gasteiger partial charge in [-0.15, -0.1) is 0 Å². The molecule has 0 amide bonds. The van der Waals surface area contributed by atoms with E-state index in [-0.39, 0.29) is 0 Å². The predicted octanol–water partition coefficient (Wildman–Crippen LogP) is 1.69. The lowest BCUT2D eigenvalue weighted by Crippen LogP contribution is -2.30. The molecule has 2 heterocycles. The summed E-state index contributed by atoms with van der Waals surface area (Å²) in [7, 11) is 2.18. The van der Waals surface area contributed by atoms with Gasteiger partial charge < -0.3 is 14.6 Å². The monoisotopic (exact) mass is 208 g/mol. The topological polar surface area (TPSA) is 28.4 Å². The van der Waals surface area contributed by atoms with Gasteiger partial charge >= 0.3 is 0 Å². The van der Waals surface area contributed by atoms with Crippen LogP contribution in [0.1, 0.15) is 23.5 Å². The molecule has 1 aromatic rings. The van der Waals surface area contributed by atoms with Gasteiger partial charge in [0.2, 0.25) is 0 Å². The van der Waals surface area contributed by atoms with Crippen LogP contribution in [0.3, 0.4) is 0 Å². The zero-order valence-corrected chi connectivity index (χ0v) is 9.84. The number of furan rings is 1. The van der Waals surface area contributed by atoms with Crippen molar-refractivity contribution < 1.29 is 4.42 Å². The SMILES string of the molecule is Cc1cc(CNC2CCN(C)C2)c(C)o1. The first-order chi connectivity index (χ1) is 7.15. The van der Waals surface area contributed by atoms with Crippen LogP contribution >= 0.6 is 0 Å². The average molecular weight is 208 g/mol. The van der Waals surface area contributed by atoms with Crippen molar-refractivity contribution in [2.75, 3.05) is 20.1 Å². The van der Waals surface area contributed by atoms with E-state index in [0.717, 1.165) is 24.6 Å². The van der Waals surface area contributed by atoms with Crippen molar-refractivity contribution in [2.45, 2.75) is 32.9 Å². The van der Waals surface area contributed by atoms with Crippen molar-refractivity contribution in [1.82, 2.24) is 10.2 Å². The van der Waals surface area contributed by atoms with Crippen LogP contribution in [0.4, 0.5) is 0 Å².